The number of benzene rings is 9. The molecule has 0 fully saturated rings. The fourth-order valence-electron chi connectivity index (χ4n) is 14.5. The Labute approximate surface area is 478 Å². The van der Waals surface area contributed by atoms with E-state index in [2.05, 4.69) is 304 Å². The first kappa shape index (κ1) is 51.9. The van der Waals surface area contributed by atoms with E-state index in [4.69, 9.17) is 0 Å². The fraction of sp³-hybridized carbons (Fsp3) is 0.289. The van der Waals surface area contributed by atoms with Gasteiger partial charge >= 0.3 is 0 Å². The molecule has 0 atom stereocenters. The molecule has 3 nitrogen and oxygen atoms in total. The van der Waals surface area contributed by atoms with Gasteiger partial charge in [-0.15, -0.1) is 0 Å². The van der Waals surface area contributed by atoms with Crippen LogP contribution in [0.15, 0.2) is 206 Å². The zero-order valence-corrected chi connectivity index (χ0v) is 49.4. The third kappa shape index (κ3) is 8.29. The van der Waals surface area contributed by atoms with E-state index >= 15 is 0 Å². The molecule has 9 aromatic carbocycles. The van der Waals surface area contributed by atoms with Gasteiger partial charge in [-0.2, -0.15) is 0 Å². The van der Waals surface area contributed by atoms with Gasteiger partial charge in [-0.25, -0.2) is 0 Å². The van der Waals surface area contributed by atoms with Crippen molar-refractivity contribution in [2.45, 2.75) is 141 Å². The molecule has 2 aliphatic heterocycles. The van der Waals surface area contributed by atoms with Crippen LogP contribution in [0.4, 0.5) is 51.2 Å². The molecule has 0 spiro atoms. The Kier molecular flexibility index (Phi) is 12.0. The molecule has 2 aliphatic carbocycles. The minimum atomic E-state index is -0.264. The predicted molar refractivity (Wildman–Crippen MR) is 343 cm³/mol. The first-order valence-electron chi connectivity index (χ1n) is 29.5. The van der Waals surface area contributed by atoms with E-state index in [1.807, 2.05) is 0 Å². The summed E-state index contributed by atoms with van der Waals surface area (Å²) in [5, 5.41) is 0. The average Bonchev–Trinajstić information content (AvgIpc) is 3.23. The van der Waals surface area contributed by atoms with Crippen LogP contribution < -0.4 is 31.1 Å². The van der Waals surface area contributed by atoms with Crippen LogP contribution in [0.1, 0.15) is 153 Å². The summed E-state index contributed by atoms with van der Waals surface area (Å²) >= 11 is 0. The Hall–Kier alpha value is -7.56. The van der Waals surface area contributed by atoms with E-state index in [9.17, 15) is 0 Å². The van der Waals surface area contributed by atoms with Crippen LogP contribution >= 0.6 is 0 Å². The molecule has 0 radical (unpaired) electrons. The topological polar surface area (TPSA) is 9.72 Å². The van der Waals surface area contributed by atoms with E-state index in [1.165, 1.54) is 95.8 Å². The molecule has 2 heterocycles. The van der Waals surface area contributed by atoms with Crippen molar-refractivity contribution in [2.24, 2.45) is 0 Å². The Morgan fingerprint density at radius 1 is 0.338 bits per heavy atom. The summed E-state index contributed by atoms with van der Waals surface area (Å²) in [6.07, 6.45) is 4.61. The minimum Gasteiger partial charge on any atom is -0.311 e. The van der Waals surface area contributed by atoms with E-state index in [0.717, 1.165) is 42.0 Å². The maximum absolute atomic E-state index is 2.71. The molecule has 0 saturated carbocycles. The molecule has 0 unspecified atom stereocenters. The van der Waals surface area contributed by atoms with Crippen molar-refractivity contribution in [1.82, 2.24) is 0 Å². The number of rotatable bonds is 9. The minimum absolute atomic E-state index is 0.000919. The van der Waals surface area contributed by atoms with Gasteiger partial charge in [0.25, 0.3) is 6.71 Å². The molecule has 0 saturated heterocycles. The largest absolute Gasteiger partial charge is 0.311 e. The molecule has 80 heavy (non-hydrogen) atoms. The maximum atomic E-state index is 2.71. The smallest absolute Gasteiger partial charge is 0.252 e. The summed E-state index contributed by atoms with van der Waals surface area (Å²) < 4.78 is 0. The third-order valence-electron chi connectivity index (χ3n) is 20.0. The summed E-state index contributed by atoms with van der Waals surface area (Å²) in [5.74, 6) is 0. The van der Waals surface area contributed by atoms with Gasteiger partial charge in [-0.3, -0.25) is 0 Å². The molecule has 0 bridgehead atoms. The van der Waals surface area contributed by atoms with Crippen molar-refractivity contribution in [3.05, 3.63) is 251 Å². The van der Waals surface area contributed by atoms with Crippen LogP contribution in [0.25, 0.3) is 0 Å². The lowest BCUT2D eigenvalue weighted by Gasteiger charge is -2.48. The standard InChI is InChI=1S/C76H78BN3/c1-71(2)41-42-72(3,4)61-46-58(38-39-60(61)71)80-67-50-63-62(73(5,6)43-44-74(63,7)8)49-65(67)77-64-45-54(76(11,12)52-27-19-14-20-28-52)35-40-66(64)79(57-36-33-53(34-37-57)75(9,10)51-25-17-13-18-26-51)68-47-59(48-69(80)70(68)77)78(55-29-21-15-22-30-55)56-31-23-16-24-32-56/h13-40,45-50H,41-44H2,1-12H3. The lowest BCUT2D eigenvalue weighted by molar-refractivity contribution is 0.332. The molecular weight excluding hydrogens is 966 g/mol. The quantitative estimate of drug-likeness (QED) is 0.133. The van der Waals surface area contributed by atoms with Crippen molar-refractivity contribution < 1.29 is 0 Å². The van der Waals surface area contributed by atoms with E-state index in [1.54, 1.807) is 0 Å². The van der Waals surface area contributed by atoms with Crippen molar-refractivity contribution >= 4 is 74.3 Å². The lowest BCUT2D eigenvalue weighted by Crippen LogP contribution is -2.62. The molecule has 400 valence electrons. The summed E-state index contributed by atoms with van der Waals surface area (Å²) in [4.78, 5) is 7.81. The molecule has 9 aromatic rings. The molecule has 4 aliphatic rings. The SMILES string of the molecule is CC1(C)CCC(C)(C)c2cc(N3c4cc5c(cc4B4c6cc(C(C)(C)c7ccccc7)ccc6N(c6ccc(C(C)(C)c7ccccc7)cc6)c6cc(N(c7ccccc7)c7ccccc7)cc3c64)C(C)(C)CCC5(C)C)ccc21. The second-order valence-electron chi connectivity index (χ2n) is 27.5. The van der Waals surface area contributed by atoms with Crippen LogP contribution in [0.3, 0.4) is 0 Å². The first-order valence-corrected chi connectivity index (χ1v) is 29.5. The number of nitrogens with zero attached hydrogens (tertiary/aromatic N) is 3. The van der Waals surface area contributed by atoms with Crippen molar-refractivity contribution in [3.8, 4) is 0 Å². The van der Waals surface area contributed by atoms with Crippen molar-refractivity contribution in [2.75, 3.05) is 14.7 Å². The molecule has 0 amide bonds. The number of para-hydroxylation sites is 2. The molecule has 13 rings (SSSR count). The summed E-state index contributed by atoms with van der Waals surface area (Å²) in [7, 11) is 0. The third-order valence-corrected chi connectivity index (χ3v) is 20.0. The number of hydrogen-bond acceptors (Lipinski definition) is 3. The summed E-state index contributed by atoms with van der Waals surface area (Å²) in [6.45, 7) is 29.3. The van der Waals surface area contributed by atoms with Crippen molar-refractivity contribution in [3.63, 3.8) is 0 Å². The number of hydrogen-bond donors (Lipinski definition) is 0. The summed E-state index contributed by atoms with van der Waals surface area (Å²) in [5.41, 5.74) is 25.4. The zero-order chi connectivity index (χ0) is 55.7. The number of fused-ring (bicyclic) bond motifs is 6. The highest BCUT2D eigenvalue weighted by atomic mass is 15.2. The highest BCUT2D eigenvalue weighted by molar-refractivity contribution is 7.00. The van der Waals surface area contributed by atoms with E-state index in [0.29, 0.717) is 0 Å². The van der Waals surface area contributed by atoms with Crippen LogP contribution in [-0.4, -0.2) is 6.71 Å². The van der Waals surface area contributed by atoms with Crippen LogP contribution in [0.2, 0.25) is 0 Å². The Bertz CT molecular complexity index is 3790. The Morgan fingerprint density at radius 3 is 1.26 bits per heavy atom. The Morgan fingerprint density at radius 2 is 0.738 bits per heavy atom. The zero-order valence-electron chi connectivity index (χ0n) is 49.4. The van der Waals surface area contributed by atoms with Crippen LogP contribution in [0.5, 0.6) is 0 Å². The van der Waals surface area contributed by atoms with Gasteiger partial charge in [0.1, 0.15) is 0 Å². The first-order chi connectivity index (χ1) is 38.2. The normalized spacial score (nSPS) is 17.1. The van der Waals surface area contributed by atoms with Gasteiger partial charge in [-0.1, -0.05) is 217 Å². The molecule has 0 N–H and O–H groups in total. The van der Waals surface area contributed by atoms with Gasteiger partial charge in [0, 0.05) is 56.3 Å². The van der Waals surface area contributed by atoms with Gasteiger partial charge in [0.2, 0.25) is 0 Å². The highest BCUT2D eigenvalue weighted by Gasteiger charge is 2.48. The molecule has 0 aromatic heterocycles. The predicted octanol–water partition coefficient (Wildman–Crippen LogP) is 18.6. The average molecular weight is 1040 g/mol. The monoisotopic (exact) mass is 1040 g/mol. The van der Waals surface area contributed by atoms with E-state index < -0.39 is 0 Å². The van der Waals surface area contributed by atoms with Crippen LogP contribution in [-0.2, 0) is 32.5 Å². The maximum Gasteiger partial charge on any atom is 0.252 e. The number of anilines is 9. The van der Waals surface area contributed by atoms with Gasteiger partial charge in [0.05, 0.1) is 5.69 Å². The molecule has 4 heteroatoms. The fourth-order valence-corrected chi connectivity index (χ4v) is 14.5. The van der Waals surface area contributed by atoms with Crippen LogP contribution in [0, 0.1) is 0 Å². The van der Waals surface area contributed by atoms with Gasteiger partial charge < -0.3 is 14.7 Å². The molecular formula is C76H78BN3. The summed E-state index contributed by atoms with van der Waals surface area (Å²) in [6, 6.07) is 79.1. The highest BCUT2D eigenvalue weighted by Crippen LogP contribution is 2.54. The van der Waals surface area contributed by atoms with Gasteiger partial charge in [-0.05, 0) is 181 Å². The van der Waals surface area contributed by atoms with Gasteiger partial charge in [0.15, 0.2) is 0 Å². The second kappa shape index (κ2) is 18.5. The lowest BCUT2D eigenvalue weighted by atomic mass is 9.33. The van der Waals surface area contributed by atoms with E-state index in [-0.39, 0.29) is 39.2 Å². The Balaban J connectivity index is 1.16. The second-order valence-corrected chi connectivity index (χ2v) is 27.5. The van der Waals surface area contributed by atoms with Crippen molar-refractivity contribution in [1.29, 1.82) is 0 Å².